The SMILES string of the molecule is Brc1ccc2c(c1)c1cc(Br)ccc1n2CCCCCCI. The van der Waals surface area contributed by atoms with E-state index >= 15 is 0 Å². The average molecular weight is 535 g/mol. The van der Waals surface area contributed by atoms with Crippen molar-refractivity contribution in [1.82, 2.24) is 4.57 Å². The summed E-state index contributed by atoms with van der Waals surface area (Å²) in [6, 6.07) is 13.2. The maximum atomic E-state index is 3.61. The molecule has 0 saturated heterocycles. The minimum atomic E-state index is 1.10. The summed E-state index contributed by atoms with van der Waals surface area (Å²) in [5.41, 5.74) is 2.68. The fourth-order valence-corrected chi connectivity index (χ4v) is 4.27. The number of fused-ring (bicyclic) bond motifs is 3. The van der Waals surface area contributed by atoms with Crippen molar-refractivity contribution in [3.63, 3.8) is 0 Å². The maximum absolute atomic E-state index is 3.61. The highest BCUT2D eigenvalue weighted by molar-refractivity contribution is 14.1. The number of nitrogens with zero attached hydrogens (tertiary/aromatic N) is 1. The first-order chi connectivity index (χ1) is 10.7. The normalized spacial score (nSPS) is 11.6. The Labute approximate surface area is 161 Å². The fourth-order valence-electron chi connectivity index (χ4n) is 3.01. The van der Waals surface area contributed by atoms with Crippen LogP contribution in [0.2, 0.25) is 0 Å². The monoisotopic (exact) mass is 533 g/mol. The van der Waals surface area contributed by atoms with Crippen molar-refractivity contribution < 1.29 is 0 Å². The highest BCUT2D eigenvalue weighted by atomic mass is 127. The van der Waals surface area contributed by atoms with Crippen LogP contribution in [0.1, 0.15) is 25.7 Å². The summed E-state index contributed by atoms with van der Waals surface area (Å²) in [4.78, 5) is 0. The van der Waals surface area contributed by atoms with E-state index in [1.54, 1.807) is 0 Å². The lowest BCUT2D eigenvalue weighted by molar-refractivity contribution is 0.605. The van der Waals surface area contributed by atoms with Gasteiger partial charge in [-0.25, -0.2) is 0 Å². The second kappa shape index (κ2) is 7.67. The van der Waals surface area contributed by atoms with Crippen LogP contribution in [-0.4, -0.2) is 8.99 Å². The molecule has 0 aliphatic rings. The zero-order chi connectivity index (χ0) is 15.5. The van der Waals surface area contributed by atoms with Gasteiger partial charge >= 0.3 is 0 Å². The molecule has 0 radical (unpaired) electrons. The topological polar surface area (TPSA) is 4.93 Å². The van der Waals surface area contributed by atoms with Gasteiger partial charge in [-0.3, -0.25) is 0 Å². The molecule has 1 heterocycles. The van der Waals surface area contributed by atoms with Crippen LogP contribution in [0.5, 0.6) is 0 Å². The van der Waals surface area contributed by atoms with Crippen LogP contribution in [0.3, 0.4) is 0 Å². The first-order valence-electron chi connectivity index (χ1n) is 7.63. The summed E-state index contributed by atoms with van der Waals surface area (Å²) < 4.78 is 6.03. The Morgan fingerprint density at radius 1 is 0.773 bits per heavy atom. The molecule has 0 N–H and O–H groups in total. The maximum Gasteiger partial charge on any atom is 0.0492 e. The van der Waals surface area contributed by atoms with E-state index in [9.17, 15) is 0 Å². The van der Waals surface area contributed by atoms with Crippen LogP contribution in [0, 0.1) is 0 Å². The van der Waals surface area contributed by atoms with E-state index in [0.717, 1.165) is 15.5 Å². The van der Waals surface area contributed by atoms with Gasteiger partial charge < -0.3 is 4.57 Å². The van der Waals surface area contributed by atoms with Gasteiger partial charge in [0.05, 0.1) is 0 Å². The van der Waals surface area contributed by atoms with Gasteiger partial charge in [0.25, 0.3) is 0 Å². The highest BCUT2D eigenvalue weighted by Crippen LogP contribution is 2.33. The third-order valence-corrected chi connectivity index (χ3v) is 5.80. The first-order valence-corrected chi connectivity index (χ1v) is 10.7. The summed E-state index contributed by atoms with van der Waals surface area (Å²) in [6.45, 7) is 1.10. The minimum Gasteiger partial charge on any atom is -0.340 e. The van der Waals surface area contributed by atoms with E-state index in [-0.39, 0.29) is 0 Å². The van der Waals surface area contributed by atoms with Crippen LogP contribution in [-0.2, 0) is 6.54 Å². The lowest BCUT2D eigenvalue weighted by Gasteiger charge is -2.07. The number of benzene rings is 2. The summed E-state index contributed by atoms with van der Waals surface area (Å²) in [5, 5.41) is 2.66. The molecule has 0 spiro atoms. The molecule has 22 heavy (non-hydrogen) atoms. The molecule has 116 valence electrons. The van der Waals surface area contributed by atoms with Crippen LogP contribution in [0.25, 0.3) is 21.8 Å². The van der Waals surface area contributed by atoms with E-state index in [2.05, 4.69) is 95.4 Å². The quantitative estimate of drug-likeness (QED) is 0.177. The Morgan fingerprint density at radius 2 is 1.32 bits per heavy atom. The van der Waals surface area contributed by atoms with E-state index < -0.39 is 0 Å². The average Bonchev–Trinajstić information content (AvgIpc) is 2.80. The van der Waals surface area contributed by atoms with Crippen LogP contribution in [0.15, 0.2) is 45.3 Å². The Kier molecular flexibility index (Phi) is 5.85. The molecule has 2 aromatic carbocycles. The van der Waals surface area contributed by atoms with Crippen LogP contribution < -0.4 is 0 Å². The smallest absolute Gasteiger partial charge is 0.0492 e. The standard InChI is InChI=1S/C18H18Br2IN/c19-13-5-7-17-15(11-13)16-12-14(20)6-8-18(16)22(17)10-4-2-1-3-9-21/h5-8,11-12H,1-4,9-10H2. The summed E-state index contributed by atoms with van der Waals surface area (Å²) in [7, 11) is 0. The van der Waals surface area contributed by atoms with E-state index in [4.69, 9.17) is 0 Å². The second-order valence-corrected chi connectivity index (χ2v) is 8.49. The zero-order valence-corrected chi connectivity index (χ0v) is 17.6. The van der Waals surface area contributed by atoms with Gasteiger partial charge in [0, 0.05) is 37.3 Å². The Bertz CT molecular complexity index is 735. The summed E-state index contributed by atoms with van der Waals surface area (Å²) >= 11 is 9.68. The third-order valence-electron chi connectivity index (χ3n) is 4.05. The number of hydrogen-bond acceptors (Lipinski definition) is 0. The molecule has 3 aromatic rings. The van der Waals surface area contributed by atoms with Crippen molar-refractivity contribution in [2.75, 3.05) is 4.43 Å². The minimum absolute atomic E-state index is 1.10. The van der Waals surface area contributed by atoms with Gasteiger partial charge in [-0.2, -0.15) is 0 Å². The molecular weight excluding hydrogens is 517 g/mol. The first kappa shape index (κ1) is 16.8. The fraction of sp³-hybridized carbons (Fsp3) is 0.333. The molecule has 0 amide bonds. The molecule has 0 atom stereocenters. The van der Waals surface area contributed by atoms with Gasteiger partial charge in [-0.1, -0.05) is 67.3 Å². The van der Waals surface area contributed by atoms with Gasteiger partial charge in [-0.05, 0) is 53.7 Å². The largest absolute Gasteiger partial charge is 0.340 e. The number of halogens is 3. The van der Waals surface area contributed by atoms with Crippen molar-refractivity contribution in [3.05, 3.63) is 45.3 Å². The lowest BCUT2D eigenvalue weighted by Crippen LogP contribution is -1.97. The molecule has 0 unspecified atom stereocenters. The van der Waals surface area contributed by atoms with Crippen LogP contribution >= 0.6 is 54.5 Å². The van der Waals surface area contributed by atoms with Gasteiger partial charge in [0.15, 0.2) is 0 Å². The molecule has 1 aromatic heterocycles. The van der Waals surface area contributed by atoms with E-state index in [1.165, 1.54) is 51.9 Å². The molecule has 0 aliphatic heterocycles. The third kappa shape index (κ3) is 3.54. The lowest BCUT2D eigenvalue weighted by atomic mass is 10.2. The van der Waals surface area contributed by atoms with E-state index in [0.29, 0.717) is 0 Å². The van der Waals surface area contributed by atoms with Crippen molar-refractivity contribution >= 4 is 76.3 Å². The molecule has 0 saturated carbocycles. The Balaban J connectivity index is 1.99. The molecule has 0 bridgehead atoms. The Hall–Kier alpha value is -0.0700. The second-order valence-electron chi connectivity index (χ2n) is 5.58. The van der Waals surface area contributed by atoms with Crippen molar-refractivity contribution in [2.45, 2.75) is 32.2 Å². The van der Waals surface area contributed by atoms with Gasteiger partial charge in [0.2, 0.25) is 0 Å². The van der Waals surface area contributed by atoms with Crippen molar-refractivity contribution in [3.8, 4) is 0 Å². The van der Waals surface area contributed by atoms with Crippen LogP contribution in [0.4, 0.5) is 0 Å². The Morgan fingerprint density at radius 3 is 1.86 bits per heavy atom. The van der Waals surface area contributed by atoms with Gasteiger partial charge in [-0.15, -0.1) is 0 Å². The zero-order valence-electron chi connectivity index (χ0n) is 12.3. The van der Waals surface area contributed by atoms with Crippen molar-refractivity contribution in [1.29, 1.82) is 0 Å². The molecule has 4 heteroatoms. The predicted molar refractivity (Wildman–Crippen MR) is 112 cm³/mol. The van der Waals surface area contributed by atoms with E-state index in [1.807, 2.05) is 0 Å². The summed E-state index contributed by atoms with van der Waals surface area (Å²) in [6.07, 6.45) is 5.25. The number of rotatable bonds is 6. The number of alkyl halides is 1. The molecule has 0 fully saturated rings. The number of hydrogen-bond donors (Lipinski definition) is 0. The van der Waals surface area contributed by atoms with Gasteiger partial charge in [0.1, 0.15) is 0 Å². The highest BCUT2D eigenvalue weighted by Gasteiger charge is 2.11. The molecule has 1 nitrogen and oxygen atoms in total. The molecule has 0 aliphatic carbocycles. The number of aromatic nitrogens is 1. The predicted octanol–water partition coefficient (Wildman–Crippen LogP) is 7.31. The molecule has 3 rings (SSSR count). The number of unbranched alkanes of at least 4 members (excludes halogenated alkanes) is 3. The number of aryl methyl sites for hydroxylation is 1. The molecular formula is C18H18Br2IN. The van der Waals surface area contributed by atoms with Crippen molar-refractivity contribution in [2.24, 2.45) is 0 Å². The summed E-state index contributed by atoms with van der Waals surface area (Å²) in [5.74, 6) is 0.